The highest BCUT2D eigenvalue weighted by Crippen LogP contribution is 2.46. The molecule has 0 atom stereocenters. The Balaban J connectivity index is 1.72. The number of nitrogens with zero attached hydrogens (tertiary/aromatic N) is 1. The van der Waals surface area contributed by atoms with Crippen LogP contribution in [0.15, 0.2) is 0 Å². The molecule has 2 aliphatic rings. The Morgan fingerprint density at radius 3 is 2.48 bits per heavy atom. The summed E-state index contributed by atoms with van der Waals surface area (Å²) in [6.45, 7) is 6.12. The zero-order valence-electron chi connectivity index (χ0n) is 13.2. The van der Waals surface area contributed by atoms with Gasteiger partial charge in [0.15, 0.2) is 0 Å². The summed E-state index contributed by atoms with van der Waals surface area (Å²) in [7, 11) is -3.29. The third-order valence-corrected chi connectivity index (χ3v) is 7.56. The molecule has 1 heterocycles. The van der Waals surface area contributed by atoms with Crippen molar-refractivity contribution < 1.29 is 8.42 Å². The highest BCUT2D eigenvalue weighted by atomic mass is 32.2. The van der Waals surface area contributed by atoms with Crippen LogP contribution in [-0.2, 0) is 10.2 Å². The van der Waals surface area contributed by atoms with Crippen LogP contribution in [0.3, 0.4) is 0 Å². The Morgan fingerprint density at radius 2 is 1.95 bits per heavy atom. The monoisotopic (exact) mass is 335 g/mol. The van der Waals surface area contributed by atoms with E-state index < -0.39 is 10.2 Å². The van der Waals surface area contributed by atoms with Gasteiger partial charge in [0.25, 0.3) is 10.2 Å². The number of hydrogen-bond donors (Lipinski definition) is 2. The van der Waals surface area contributed by atoms with Crippen LogP contribution in [0.5, 0.6) is 0 Å². The lowest BCUT2D eigenvalue weighted by Gasteiger charge is -2.31. The Morgan fingerprint density at radius 1 is 1.29 bits per heavy atom. The molecule has 21 heavy (non-hydrogen) atoms. The van der Waals surface area contributed by atoms with Gasteiger partial charge in [-0.15, -0.1) is 0 Å². The molecule has 0 spiro atoms. The third kappa shape index (κ3) is 5.10. The lowest BCUT2D eigenvalue weighted by Crippen LogP contribution is -2.47. The molecule has 0 aromatic carbocycles. The SMILES string of the molecule is CCCNCC1CCN(S(=O)(=O)NCC2(SC)CC2)CC1. The first kappa shape index (κ1) is 17.5. The van der Waals surface area contributed by atoms with E-state index in [2.05, 4.69) is 23.2 Å². The van der Waals surface area contributed by atoms with Gasteiger partial charge in [0.2, 0.25) is 0 Å². The lowest BCUT2D eigenvalue weighted by atomic mass is 9.98. The Labute approximate surface area is 133 Å². The first-order valence-corrected chi connectivity index (χ1v) is 10.7. The molecule has 0 unspecified atom stereocenters. The van der Waals surface area contributed by atoms with Crippen molar-refractivity contribution in [2.75, 3.05) is 39.0 Å². The van der Waals surface area contributed by atoms with Crippen LogP contribution in [0.2, 0.25) is 0 Å². The minimum Gasteiger partial charge on any atom is -0.316 e. The van der Waals surface area contributed by atoms with Gasteiger partial charge in [0.1, 0.15) is 0 Å². The van der Waals surface area contributed by atoms with Gasteiger partial charge in [-0.25, -0.2) is 4.72 Å². The largest absolute Gasteiger partial charge is 0.316 e. The van der Waals surface area contributed by atoms with Gasteiger partial charge < -0.3 is 5.32 Å². The van der Waals surface area contributed by atoms with Crippen molar-refractivity contribution in [3.63, 3.8) is 0 Å². The molecule has 1 saturated carbocycles. The van der Waals surface area contributed by atoms with Gasteiger partial charge in [-0.3, -0.25) is 0 Å². The van der Waals surface area contributed by atoms with Crippen molar-refractivity contribution in [1.82, 2.24) is 14.3 Å². The quantitative estimate of drug-likeness (QED) is 0.626. The van der Waals surface area contributed by atoms with Crippen molar-refractivity contribution in [3.8, 4) is 0 Å². The fourth-order valence-corrected chi connectivity index (χ4v) is 4.89. The van der Waals surface area contributed by atoms with Crippen molar-refractivity contribution in [2.45, 2.75) is 43.8 Å². The number of rotatable bonds is 9. The molecule has 5 nitrogen and oxygen atoms in total. The molecule has 1 aliphatic heterocycles. The van der Waals surface area contributed by atoms with Crippen LogP contribution in [0.4, 0.5) is 0 Å². The normalized spacial score (nSPS) is 23.3. The molecule has 2 rings (SSSR count). The van der Waals surface area contributed by atoms with Gasteiger partial charge in [-0.2, -0.15) is 24.5 Å². The average Bonchev–Trinajstić information content (AvgIpc) is 3.27. The highest BCUT2D eigenvalue weighted by molar-refractivity contribution is 8.00. The van der Waals surface area contributed by atoms with Crippen LogP contribution in [0.25, 0.3) is 0 Å². The Bertz CT molecular complexity index is 416. The average molecular weight is 336 g/mol. The lowest BCUT2D eigenvalue weighted by molar-refractivity contribution is 0.265. The number of thioether (sulfide) groups is 1. The van der Waals surface area contributed by atoms with E-state index in [1.807, 2.05) is 0 Å². The molecule has 0 aromatic heterocycles. The summed E-state index contributed by atoms with van der Waals surface area (Å²) in [5, 5.41) is 3.43. The topological polar surface area (TPSA) is 61.4 Å². The maximum Gasteiger partial charge on any atom is 0.279 e. The van der Waals surface area contributed by atoms with Gasteiger partial charge >= 0.3 is 0 Å². The van der Waals surface area contributed by atoms with Crippen molar-refractivity contribution >= 4 is 22.0 Å². The van der Waals surface area contributed by atoms with Gasteiger partial charge in [0, 0.05) is 24.4 Å². The fourth-order valence-electron chi connectivity index (χ4n) is 2.74. The van der Waals surface area contributed by atoms with Crippen LogP contribution in [0, 0.1) is 5.92 Å². The van der Waals surface area contributed by atoms with E-state index in [0.717, 1.165) is 45.2 Å². The first-order chi connectivity index (χ1) is 10.0. The maximum atomic E-state index is 12.3. The molecule has 0 amide bonds. The minimum atomic E-state index is -3.29. The third-order valence-electron chi connectivity index (χ3n) is 4.59. The van der Waals surface area contributed by atoms with Gasteiger partial charge in [-0.05, 0) is 57.4 Å². The van der Waals surface area contributed by atoms with Crippen molar-refractivity contribution in [3.05, 3.63) is 0 Å². The molecule has 0 radical (unpaired) electrons. The van der Waals surface area contributed by atoms with E-state index >= 15 is 0 Å². The second-order valence-corrected chi connectivity index (χ2v) is 9.29. The highest BCUT2D eigenvalue weighted by Gasteiger charge is 2.43. The summed E-state index contributed by atoms with van der Waals surface area (Å²) < 4.78 is 29.3. The summed E-state index contributed by atoms with van der Waals surface area (Å²) in [4.78, 5) is 0. The molecule has 1 aliphatic carbocycles. The zero-order valence-corrected chi connectivity index (χ0v) is 14.9. The van der Waals surface area contributed by atoms with Crippen molar-refractivity contribution in [1.29, 1.82) is 0 Å². The number of piperidine rings is 1. The fraction of sp³-hybridized carbons (Fsp3) is 1.00. The zero-order chi connectivity index (χ0) is 15.3. The first-order valence-electron chi connectivity index (χ1n) is 8.02. The molecule has 2 N–H and O–H groups in total. The predicted octanol–water partition coefficient (Wildman–Crippen LogP) is 1.43. The van der Waals surface area contributed by atoms with Crippen LogP contribution in [0.1, 0.15) is 39.0 Å². The molecule has 2 fully saturated rings. The second-order valence-electron chi connectivity index (χ2n) is 6.26. The number of nitrogens with one attached hydrogen (secondary N) is 2. The van der Waals surface area contributed by atoms with Crippen LogP contribution >= 0.6 is 11.8 Å². The maximum absolute atomic E-state index is 12.3. The number of hydrogen-bond acceptors (Lipinski definition) is 4. The summed E-state index contributed by atoms with van der Waals surface area (Å²) in [5.41, 5.74) is 0. The van der Waals surface area contributed by atoms with E-state index in [9.17, 15) is 8.42 Å². The van der Waals surface area contributed by atoms with E-state index in [1.165, 1.54) is 0 Å². The summed E-state index contributed by atoms with van der Waals surface area (Å²) in [5.74, 6) is 0.615. The molecule has 7 heteroatoms. The molecular formula is C14H29N3O2S2. The molecular weight excluding hydrogens is 306 g/mol. The van der Waals surface area contributed by atoms with E-state index in [0.29, 0.717) is 25.6 Å². The predicted molar refractivity (Wildman–Crippen MR) is 89.9 cm³/mol. The molecule has 124 valence electrons. The van der Waals surface area contributed by atoms with Crippen LogP contribution < -0.4 is 10.0 Å². The van der Waals surface area contributed by atoms with Crippen molar-refractivity contribution in [2.24, 2.45) is 5.92 Å². The van der Waals surface area contributed by atoms with Crippen LogP contribution in [-0.4, -0.2) is 56.4 Å². The smallest absolute Gasteiger partial charge is 0.279 e. The molecule has 0 bridgehead atoms. The summed E-state index contributed by atoms with van der Waals surface area (Å²) in [6, 6.07) is 0. The van der Waals surface area contributed by atoms with E-state index in [1.54, 1.807) is 16.1 Å². The minimum absolute atomic E-state index is 0.176. The molecule has 1 saturated heterocycles. The van der Waals surface area contributed by atoms with E-state index in [4.69, 9.17) is 0 Å². The standard InChI is InChI=1S/C14H29N3O2S2/c1-3-8-15-11-13-4-9-17(10-5-13)21(18,19)16-12-14(20-2)6-7-14/h13,15-16H,3-12H2,1-2H3. The Hall–Kier alpha value is 0.180. The summed E-state index contributed by atoms with van der Waals surface area (Å²) >= 11 is 1.78. The Kier molecular flexibility index (Phi) is 6.38. The van der Waals surface area contributed by atoms with Gasteiger partial charge in [-0.1, -0.05) is 6.92 Å². The summed E-state index contributed by atoms with van der Waals surface area (Å²) in [6.07, 6.45) is 7.39. The second kappa shape index (κ2) is 7.64. The van der Waals surface area contributed by atoms with Gasteiger partial charge in [0.05, 0.1) is 0 Å². The molecule has 0 aromatic rings. The van der Waals surface area contributed by atoms with E-state index in [-0.39, 0.29) is 4.75 Å².